The molecule has 4 heterocycles. The van der Waals surface area contributed by atoms with Gasteiger partial charge in [-0.2, -0.15) is 0 Å². The molecule has 1 saturated heterocycles. The van der Waals surface area contributed by atoms with Gasteiger partial charge in [0.1, 0.15) is 18.1 Å². The minimum absolute atomic E-state index is 0.0301. The number of nitrogens with one attached hydrogen (secondary N) is 1. The summed E-state index contributed by atoms with van der Waals surface area (Å²) in [4.78, 5) is 42.7. The lowest BCUT2D eigenvalue weighted by molar-refractivity contribution is -0.0568. The predicted molar refractivity (Wildman–Crippen MR) is 184 cm³/mol. The fraction of sp³-hybridized carbons (Fsp3) is 0.500. The van der Waals surface area contributed by atoms with Crippen LogP contribution in [0.2, 0.25) is 18.1 Å². The molecule has 0 spiro atoms. The van der Waals surface area contributed by atoms with Crippen molar-refractivity contribution in [1.82, 2.24) is 24.4 Å². The second-order valence-corrected chi connectivity index (χ2v) is 19.3. The van der Waals surface area contributed by atoms with E-state index in [4.69, 9.17) is 23.9 Å². The van der Waals surface area contributed by atoms with Crippen molar-refractivity contribution in [3.05, 3.63) is 88.4 Å². The SMILES string of the molecule is CC(C)(C)[Si](C)(C)OCCN(C(=O)c1nc(CC2(n3ccc4cccnc43)CCCC2)[nH]c(=O)c1OCc1ccccc1)C1COC1. The Kier molecular flexibility index (Phi) is 9.42. The largest absolute Gasteiger partial charge is 0.481 e. The summed E-state index contributed by atoms with van der Waals surface area (Å²) in [5, 5.41) is 1.11. The molecular formula is C36H47N5O5Si. The molecule has 1 N–H and O–H groups in total. The predicted octanol–water partition coefficient (Wildman–Crippen LogP) is 6.07. The summed E-state index contributed by atoms with van der Waals surface area (Å²) in [6.45, 7) is 12.8. The van der Waals surface area contributed by atoms with Gasteiger partial charge in [-0.05, 0) is 54.7 Å². The van der Waals surface area contributed by atoms with Crippen LogP contribution in [0.15, 0.2) is 65.7 Å². The summed E-state index contributed by atoms with van der Waals surface area (Å²) >= 11 is 0. The minimum atomic E-state index is -2.04. The molecule has 1 amide bonds. The van der Waals surface area contributed by atoms with E-state index in [1.807, 2.05) is 42.6 Å². The number of nitrogens with zero attached hydrogens (tertiary/aromatic N) is 4. The first-order valence-corrected chi connectivity index (χ1v) is 19.6. The molecule has 4 aromatic rings. The number of pyridine rings is 1. The molecular weight excluding hydrogens is 611 g/mol. The van der Waals surface area contributed by atoms with Gasteiger partial charge in [-0.3, -0.25) is 9.59 Å². The molecule has 2 aliphatic rings. The van der Waals surface area contributed by atoms with Crippen LogP contribution in [0.1, 0.15) is 68.3 Å². The monoisotopic (exact) mass is 657 g/mol. The fourth-order valence-corrected chi connectivity index (χ4v) is 7.44. The Morgan fingerprint density at radius 1 is 1.11 bits per heavy atom. The highest BCUT2D eigenvalue weighted by molar-refractivity contribution is 6.74. The maximum absolute atomic E-state index is 14.5. The van der Waals surface area contributed by atoms with E-state index in [-0.39, 0.29) is 40.6 Å². The Morgan fingerprint density at radius 3 is 2.53 bits per heavy atom. The van der Waals surface area contributed by atoms with Gasteiger partial charge in [0.15, 0.2) is 14.0 Å². The standard InChI is InChI=1S/C36H47N5O5Si/c1-35(2,3)47(4,5)46-21-20-40(28-24-44-25-28)34(43)30-31(45-23-26-12-7-6-8-13-26)33(42)39-29(38-30)22-36(16-9-10-17-36)41-19-15-27-14-11-18-37-32(27)41/h6-8,11-15,18-19,28H,9-10,16-17,20-25H2,1-5H3,(H,38,39,42). The minimum Gasteiger partial charge on any atom is -0.481 e. The smallest absolute Gasteiger partial charge is 0.294 e. The third kappa shape index (κ3) is 6.93. The number of aromatic nitrogens is 4. The van der Waals surface area contributed by atoms with Crippen LogP contribution >= 0.6 is 0 Å². The van der Waals surface area contributed by atoms with Gasteiger partial charge in [0.05, 0.1) is 31.4 Å². The maximum atomic E-state index is 14.5. The molecule has 0 bridgehead atoms. The fourth-order valence-electron chi connectivity index (χ4n) is 6.40. The molecule has 47 heavy (non-hydrogen) atoms. The van der Waals surface area contributed by atoms with Crippen molar-refractivity contribution in [3.63, 3.8) is 0 Å². The molecule has 250 valence electrons. The highest BCUT2D eigenvalue weighted by Crippen LogP contribution is 2.41. The summed E-state index contributed by atoms with van der Waals surface area (Å²) < 4.78 is 20.3. The number of fused-ring (bicyclic) bond motifs is 1. The van der Waals surface area contributed by atoms with E-state index in [0.29, 0.717) is 38.6 Å². The number of amides is 1. The average Bonchev–Trinajstić information content (AvgIpc) is 3.66. The van der Waals surface area contributed by atoms with Crippen LogP contribution in [0.4, 0.5) is 0 Å². The van der Waals surface area contributed by atoms with Gasteiger partial charge in [-0.15, -0.1) is 0 Å². The molecule has 2 fully saturated rings. The molecule has 6 rings (SSSR count). The number of hydrogen-bond acceptors (Lipinski definition) is 7. The summed E-state index contributed by atoms with van der Waals surface area (Å²) in [7, 11) is -2.04. The third-order valence-corrected chi connectivity index (χ3v) is 14.8. The van der Waals surface area contributed by atoms with Crippen LogP contribution in [-0.2, 0) is 27.7 Å². The van der Waals surface area contributed by atoms with Crippen LogP contribution in [-0.4, -0.2) is 71.1 Å². The Balaban J connectivity index is 1.35. The first kappa shape index (κ1) is 33.1. The number of rotatable bonds is 12. The van der Waals surface area contributed by atoms with Crippen LogP contribution in [0, 0.1) is 0 Å². The van der Waals surface area contributed by atoms with Crippen molar-refractivity contribution >= 4 is 25.3 Å². The van der Waals surface area contributed by atoms with Crippen molar-refractivity contribution in [3.8, 4) is 5.75 Å². The molecule has 11 heteroatoms. The summed E-state index contributed by atoms with van der Waals surface area (Å²) in [6.07, 6.45) is 8.32. The van der Waals surface area contributed by atoms with Crippen LogP contribution in [0.5, 0.6) is 5.75 Å². The molecule has 1 aliphatic carbocycles. The van der Waals surface area contributed by atoms with Gasteiger partial charge in [0, 0.05) is 30.7 Å². The second-order valence-electron chi connectivity index (χ2n) is 14.5. The molecule has 0 radical (unpaired) electrons. The zero-order valence-electron chi connectivity index (χ0n) is 28.3. The average molecular weight is 658 g/mol. The van der Waals surface area contributed by atoms with Gasteiger partial charge in [-0.1, -0.05) is 63.9 Å². The lowest BCUT2D eigenvalue weighted by Gasteiger charge is -2.40. The Bertz CT molecular complexity index is 1750. The summed E-state index contributed by atoms with van der Waals surface area (Å²) in [5.41, 5.74) is 1.05. The van der Waals surface area contributed by atoms with Crippen molar-refractivity contribution < 1.29 is 18.7 Å². The normalized spacial score (nSPS) is 16.7. The molecule has 0 atom stereocenters. The number of aromatic amines is 1. The number of carbonyl (C=O) groups excluding carboxylic acids is 1. The lowest BCUT2D eigenvalue weighted by Crippen LogP contribution is -2.54. The number of hydrogen-bond donors (Lipinski definition) is 1. The van der Waals surface area contributed by atoms with E-state index in [1.54, 1.807) is 4.90 Å². The number of carbonyl (C=O) groups is 1. The molecule has 1 aromatic carbocycles. The molecule has 0 unspecified atom stereocenters. The number of H-pyrrole nitrogens is 1. The molecule has 1 aliphatic heterocycles. The van der Waals surface area contributed by atoms with Gasteiger partial charge >= 0.3 is 0 Å². The van der Waals surface area contributed by atoms with E-state index in [9.17, 15) is 9.59 Å². The van der Waals surface area contributed by atoms with Crippen LogP contribution in [0.3, 0.4) is 0 Å². The van der Waals surface area contributed by atoms with Crippen molar-refractivity contribution in [2.45, 2.75) is 89.2 Å². The van der Waals surface area contributed by atoms with Crippen LogP contribution in [0.25, 0.3) is 11.0 Å². The van der Waals surface area contributed by atoms with E-state index in [1.165, 1.54) is 0 Å². The van der Waals surface area contributed by atoms with Gasteiger partial charge < -0.3 is 28.4 Å². The molecule has 10 nitrogen and oxygen atoms in total. The number of benzene rings is 1. The summed E-state index contributed by atoms with van der Waals surface area (Å²) in [5.74, 6) is 0.0558. The quantitative estimate of drug-likeness (QED) is 0.184. The first-order chi connectivity index (χ1) is 22.5. The van der Waals surface area contributed by atoms with Gasteiger partial charge in [0.25, 0.3) is 11.5 Å². The number of ether oxygens (including phenoxy) is 2. The maximum Gasteiger partial charge on any atom is 0.294 e. The highest BCUT2D eigenvalue weighted by atomic mass is 28.4. The lowest BCUT2D eigenvalue weighted by atomic mass is 9.92. The van der Waals surface area contributed by atoms with Gasteiger partial charge in [-0.25, -0.2) is 9.97 Å². The topological polar surface area (TPSA) is 112 Å². The Morgan fingerprint density at radius 2 is 1.85 bits per heavy atom. The van der Waals surface area contributed by atoms with Gasteiger partial charge in [0.2, 0.25) is 5.75 Å². The zero-order valence-corrected chi connectivity index (χ0v) is 29.3. The Labute approximate surface area is 277 Å². The van der Waals surface area contributed by atoms with Crippen molar-refractivity contribution in [1.29, 1.82) is 0 Å². The van der Waals surface area contributed by atoms with Crippen molar-refractivity contribution in [2.24, 2.45) is 0 Å². The first-order valence-electron chi connectivity index (χ1n) is 16.7. The molecule has 1 saturated carbocycles. The van der Waals surface area contributed by atoms with E-state index in [2.05, 4.69) is 61.7 Å². The van der Waals surface area contributed by atoms with E-state index >= 15 is 0 Å². The molecule has 3 aromatic heterocycles. The summed E-state index contributed by atoms with van der Waals surface area (Å²) in [6, 6.07) is 15.6. The van der Waals surface area contributed by atoms with Crippen LogP contribution < -0.4 is 10.3 Å². The zero-order chi connectivity index (χ0) is 33.2. The third-order valence-electron chi connectivity index (χ3n) is 10.3. The van der Waals surface area contributed by atoms with Crippen molar-refractivity contribution in [2.75, 3.05) is 26.4 Å². The second kappa shape index (κ2) is 13.4. The van der Waals surface area contributed by atoms with E-state index in [0.717, 1.165) is 42.3 Å². The Hall–Kier alpha value is -3.80. The van der Waals surface area contributed by atoms with E-state index < -0.39 is 13.9 Å². The highest BCUT2D eigenvalue weighted by Gasteiger charge is 2.40.